The quantitative estimate of drug-likeness (QED) is 0.768. The third kappa shape index (κ3) is 3.04. The zero-order valence-corrected chi connectivity index (χ0v) is 9.86. The summed E-state index contributed by atoms with van der Waals surface area (Å²) in [5.74, 6) is -2.45. The number of hydrogen-bond acceptors (Lipinski definition) is 2. The minimum absolute atomic E-state index is 0. The molecular weight excluding hydrogens is 238 g/mol. The molecule has 2 fully saturated rings. The highest BCUT2D eigenvalue weighted by molar-refractivity contribution is 5.85. The second-order valence-corrected chi connectivity index (χ2v) is 4.35. The fraction of sp³-hybridized carbons (Fsp3) is 0.900. The summed E-state index contributed by atoms with van der Waals surface area (Å²) < 4.78 is 25.9. The Labute approximate surface area is 100.0 Å². The minimum Gasteiger partial charge on any atom is -0.337 e. The van der Waals surface area contributed by atoms with Gasteiger partial charge in [-0.1, -0.05) is 0 Å². The van der Waals surface area contributed by atoms with E-state index in [9.17, 15) is 13.6 Å². The Hall–Kier alpha value is -0.420. The highest BCUT2D eigenvalue weighted by Crippen LogP contribution is 2.35. The topological polar surface area (TPSA) is 32.3 Å². The Kier molecular flexibility index (Phi) is 4.50. The largest absolute Gasteiger partial charge is 0.337 e. The molecule has 2 rings (SSSR count). The van der Waals surface area contributed by atoms with Crippen molar-refractivity contribution in [3.8, 4) is 0 Å². The lowest BCUT2D eigenvalue weighted by atomic mass is 9.91. The van der Waals surface area contributed by atoms with Gasteiger partial charge in [0.05, 0.1) is 6.54 Å². The van der Waals surface area contributed by atoms with Crippen LogP contribution in [0.15, 0.2) is 0 Å². The second kappa shape index (κ2) is 5.27. The van der Waals surface area contributed by atoms with Gasteiger partial charge in [-0.15, -0.1) is 12.4 Å². The van der Waals surface area contributed by atoms with Crippen molar-refractivity contribution in [2.75, 3.05) is 19.6 Å². The normalized spacial score (nSPS) is 26.4. The molecule has 1 aliphatic carbocycles. The summed E-state index contributed by atoms with van der Waals surface area (Å²) in [4.78, 5) is 13.3. The number of amides is 1. The maximum absolute atomic E-state index is 12.9. The van der Waals surface area contributed by atoms with Gasteiger partial charge < -0.3 is 10.2 Å². The van der Waals surface area contributed by atoms with E-state index in [0.29, 0.717) is 25.9 Å². The molecule has 6 heteroatoms. The molecule has 3 nitrogen and oxygen atoms in total. The van der Waals surface area contributed by atoms with E-state index in [0.717, 1.165) is 6.54 Å². The average Bonchev–Trinajstić information content (AvgIpc) is 2.19. The van der Waals surface area contributed by atoms with Crippen LogP contribution in [0, 0.1) is 0 Å². The van der Waals surface area contributed by atoms with Crippen molar-refractivity contribution in [1.29, 1.82) is 0 Å². The SMILES string of the molecule is Cl.O=C1CNCCN1C1CCC(F)(F)CC1. The van der Waals surface area contributed by atoms with Crippen molar-refractivity contribution >= 4 is 18.3 Å². The van der Waals surface area contributed by atoms with Crippen LogP contribution in [-0.2, 0) is 4.79 Å². The van der Waals surface area contributed by atoms with Crippen LogP contribution in [0.2, 0.25) is 0 Å². The van der Waals surface area contributed by atoms with Crippen LogP contribution >= 0.6 is 12.4 Å². The van der Waals surface area contributed by atoms with Crippen LogP contribution in [0.5, 0.6) is 0 Å². The van der Waals surface area contributed by atoms with Crippen LogP contribution in [0.4, 0.5) is 8.78 Å². The van der Waals surface area contributed by atoms with E-state index < -0.39 is 5.92 Å². The average molecular weight is 255 g/mol. The van der Waals surface area contributed by atoms with E-state index in [2.05, 4.69) is 5.32 Å². The highest BCUT2D eigenvalue weighted by Gasteiger charge is 2.38. The monoisotopic (exact) mass is 254 g/mol. The lowest BCUT2D eigenvalue weighted by Crippen LogP contribution is -2.53. The Bertz CT molecular complexity index is 253. The Balaban J connectivity index is 0.00000128. The summed E-state index contributed by atoms with van der Waals surface area (Å²) in [7, 11) is 0. The van der Waals surface area contributed by atoms with Crippen molar-refractivity contribution in [2.45, 2.75) is 37.6 Å². The molecule has 1 heterocycles. The standard InChI is InChI=1S/C10H16F2N2O.ClH/c11-10(12)3-1-8(2-4-10)14-6-5-13-7-9(14)15;/h8,13H,1-7H2;1H. The second-order valence-electron chi connectivity index (χ2n) is 4.35. The van der Waals surface area contributed by atoms with Gasteiger partial charge in [0.2, 0.25) is 11.8 Å². The van der Waals surface area contributed by atoms with Crippen molar-refractivity contribution in [3.05, 3.63) is 0 Å². The number of nitrogens with one attached hydrogen (secondary N) is 1. The van der Waals surface area contributed by atoms with Gasteiger partial charge in [-0.3, -0.25) is 4.79 Å². The molecule has 1 saturated carbocycles. The molecule has 2 aliphatic rings. The molecular formula is C10H17ClF2N2O. The molecule has 0 atom stereocenters. The van der Waals surface area contributed by atoms with Crippen LogP contribution in [0.25, 0.3) is 0 Å². The smallest absolute Gasteiger partial charge is 0.248 e. The highest BCUT2D eigenvalue weighted by atomic mass is 35.5. The van der Waals surface area contributed by atoms with Gasteiger partial charge in [0.25, 0.3) is 0 Å². The molecule has 0 bridgehead atoms. The molecule has 1 aliphatic heterocycles. The van der Waals surface area contributed by atoms with E-state index in [-0.39, 0.29) is 37.2 Å². The van der Waals surface area contributed by atoms with E-state index >= 15 is 0 Å². The molecule has 0 unspecified atom stereocenters. The van der Waals surface area contributed by atoms with E-state index in [4.69, 9.17) is 0 Å². The summed E-state index contributed by atoms with van der Waals surface area (Å²) in [6, 6.07) is 0.0409. The summed E-state index contributed by atoms with van der Waals surface area (Å²) in [5, 5.41) is 2.98. The van der Waals surface area contributed by atoms with E-state index in [1.165, 1.54) is 0 Å². The number of piperazine rings is 1. The van der Waals surface area contributed by atoms with Gasteiger partial charge in [-0.05, 0) is 12.8 Å². The number of rotatable bonds is 1. The van der Waals surface area contributed by atoms with Crippen LogP contribution < -0.4 is 5.32 Å². The molecule has 16 heavy (non-hydrogen) atoms. The zero-order chi connectivity index (χ0) is 10.9. The number of hydrogen-bond donors (Lipinski definition) is 1. The first kappa shape index (κ1) is 13.6. The van der Waals surface area contributed by atoms with E-state index in [1.54, 1.807) is 4.90 Å². The number of alkyl halides is 2. The maximum atomic E-state index is 12.9. The van der Waals surface area contributed by atoms with Crippen LogP contribution in [0.3, 0.4) is 0 Å². The van der Waals surface area contributed by atoms with Crippen molar-refractivity contribution in [2.24, 2.45) is 0 Å². The summed E-state index contributed by atoms with van der Waals surface area (Å²) in [6.45, 7) is 1.79. The number of halogens is 3. The van der Waals surface area contributed by atoms with Crippen molar-refractivity contribution < 1.29 is 13.6 Å². The van der Waals surface area contributed by atoms with Crippen molar-refractivity contribution in [3.63, 3.8) is 0 Å². The van der Waals surface area contributed by atoms with Crippen LogP contribution in [-0.4, -0.2) is 42.4 Å². The predicted molar refractivity (Wildman–Crippen MR) is 59.0 cm³/mol. The molecule has 1 saturated heterocycles. The zero-order valence-electron chi connectivity index (χ0n) is 9.05. The Morgan fingerprint density at radius 2 is 1.94 bits per heavy atom. The summed E-state index contributed by atoms with van der Waals surface area (Å²) in [5.41, 5.74) is 0. The lowest BCUT2D eigenvalue weighted by molar-refractivity contribution is -0.137. The van der Waals surface area contributed by atoms with Gasteiger partial charge in [-0.25, -0.2) is 8.78 Å². The number of nitrogens with zero attached hydrogens (tertiary/aromatic N) is 1. The van der Waals surface area contributed by atoms with Gasteiger partial charge in [-0.2, -0.15) is 0 Å². The van der Waals surface area contributed by atoms with Crippen molar-refractivity contribution in [1.82, 2.24) is 10.2 Å². The first-order valence-electron chi connectivity index (χ1n) is 5.46. The molecule has 94 valence electrons. The fourth-order valence-corrected chi connectivity index (χ4v) is 2.34. The summed E-state index contributed by atoms with van der Waals surface area (Å²) in [6.07, 6.45) is 0.737. The molecule has 0 aromatic rings. The Morgan fingerprint density at radius 3 is 2.50 bits per heavy atom. The number of carbonyl (C=O) groups excluding carboxylic acids is 1. The van der Waals surface area contributed by atoms with Gasteiger partial charge in [0, 0.05) is 32.0 Å². The number of carbonyl (C=O) groups is 1. The third-order valence-electron chi connectivity index (χ3n) is 3.25. The minimum atomic E-state index is -2.51. The van der Waals surface area contributed by atoms with Gasteiger partial charge in [0.1, 0.15) is 0 Å². The predicted octanol–water partition coefficient (Wildman–Crippen LogP) is 1.42. The summed E-state index contributed by atoms with van der Waals surface area (Å²) >= 11 is 0. The molecule has 0 aromatic heterocycles. The first-order chi connectivity index (χ1) is 7.08. The van der Waals surface area contributed by atoms with Gasteiger partial charge in [0.15, 0.2) is 0 Å². The third-order valence-corrected chi connectivity index (χ3v) is 3.25. The molecule has 0 spiro atoms. The fourth-order valence-electron chi connectivity index (χ4n) is 2.34. The van der Waals surface area contributed by atoms with Crippen LogP contribution in [0.1, 0.15) is 25.7 Å². The van der Waals surface area contributed by atoms with E-state index in [1.807, 2.05) is 0 Å². The molecule has 1 amide bonds. The molecule has 0 radical (unpaired) electrons. The lowest BCUT2D eigenvalue weighted by Gasteiger charge is -2.38. The molecule has 1 N–H and O–H groups in total. The van der Waals surface area contributed by atoms with Gasteiger partial charge >= 0.3 is 0 Å². The first-order valence-corrected chi connectivity index (χ1v) is 5.46. The Morgan fingerprint density at radius 1 is 1.31 bits per heavy atom. The maximum Gasteiger partial charge on any atom is 0.248 e. The molecule has 0 aromatic carbocycles.